The van der Waals surface area contributed by atoms with E-state index in [4.69, 9.17) is 4.74 Å². The molecule has 0 saturated heterocycles. The molecule has 0 bridgehead atoms. The molecule has 19 heavy (non-hydrogen) atoms. The lowest BCUT2D eigenvalue weighted by Gasteiger charge is -2.32. The van der Waals surface area contributed by atoms with E-state index in [1.807, 2.05) is 36.4 Å². The van der Waals surface area contributed by atoms with Crippen LogP contribution in [0.15, 0.2) is 54.6 Å². The summed E-state index contributed by atoms with van der Waals surface area (Å²) in [7, 11) is 0. The Morgan fingerprint density at radius 3 is 2.53 bits per heavy atom. The van der Waals surface area contributed by atoms with Gasteiger partial charge in [-0.15, -0.1) is 0 Å². The van der Waals surface area contributed by atoms with E-state index in [0.29, 0.717) is 11.3 Å². The number of ketones is 1. The Balaban J connectivity index is 1.92. The summed E-state index contributed by atoms with van der Waals surface area (Å²) in [4.78, 5) is 12.4. The maximum atomic E-state index is 12.4. The summed E-state index contributed by atoms with van der Waals surface area (Å²) in [5.74, 6) is 0.281. The number of benzene rings is 2. The zero-order valence-corrected chi connectivity index (χ0v) is 10.4. The Kier molecular flexibility index (Phi) is 2.84. The average Bonchev–Trinajstić information content (AvgIpc) is 2.45. The summed E-state index contributed by atoms with van der Waals surface area (Å²) in [6.07, 6.45) is 0.265. The highest BCUT2D eigenvalue weighted by Crippen LogP contribution is 2.31. The van der Waals surface area contributed by atoms with Crippen molar-refractivity contribution in [1.82, 2.24) is 0 Å². The molecule has 0 fully saturated rings. The fraction of sp³-hybridized carbons (Fsp3) is 0.188. The summed E-state index contributed by atoms with van der Waals surface area (Å²) >= 11 is 0. The van der Waals surface area contributed by atoms with Crippen molar-refractivity contribution in [3.63, 3.8) is 0 Å². The molecular formula is C16H14O3. The van der Waals surface area contributed by atoms with E-state index in [0.717, 1.165) is 5.56 Å². The first-order valence-corrected chi connectivity index (χ1v) is 6.22. The Morgan fingerprint density at radius 1 is 1.05 bits per heavy atom. The number of hydrogen-bond donors (Lipinski definition) is 1. The lowest BCUT2D eigenvalue weighted by molar-refractivity contribution is -0.00193. The second kappa shape index (κ2) is 4.52. The molecule has 1 N–H and O–H groups in total. The van der Waals surface area contributed by atoms with Gasteiger partial charge in [0.1, 0.15) is 12.4 Å². The topological polar surface area (TPSA) is 46.5 Å². The van der Waals surface area contributed by atoms with Crippen LogP contribution in [-0.4, -0.2) is 23.1 Å². The van der Waals surface area contributed by atoms with Gasteiger partial charge in [-0.3, -0.25) is 4.79 Å². The summed E-state index contributed by atoms with van der Waals surface area (Å²) in [5, 5.41) is 10.6. The highest BCUT2D eigenvalue weighted by molar-refractivity contribution is 6.05. The van der Waals surface area contributed by atoms with Crippen molar-refractivity contribution in [2.45, 2.75) is 12.0 Å². The van der Waals surface area contributed by atoms with Crippen molar-refractivity contribution >= 4 is 5.78 Å². The van der Waals surface area contributed by atoms with Crippen molar-refractivity contribution < 1.29 is 14.6 Å². The minimum Gasteiger partial charge on any atom is -0.489 e. The molecule has 0 unspecified atom stereocenters. The molecule has 3 nitrogen and oxygen atoms in total. The van der Waals surface area contributed by atoms with Crippen LogP contribution in [0.25, 0.3) is 0 Å². The van der Waals surface area contributed by atoms with Crippen molar-refractivity contribution in [3.8, 4) is 5.75 Å². The number of fused-ring (bicyclic) bond motifs is 1. The maximum absolute atomic E-state index is 12.4. The van der Waals surface area contributed by atoms with Crippen molar-refractivity contribution in [2.24, 2.45) is 0 Å². The van der Waals surface area contributed by atoms with Crippen molar-refractivity contribution in [2.75, 3.05) is 6.61 Å². The normalized spacial score (nSPS) is 21.6. The van der Waals surface area contributed by atoms with Crippen molar-refractivity contribution in [1.29, 1.82) is 0 Å². The molecule has 0 aromatic heterocycles. The van der Waals surface area contributed by atoms with Crippen LogP contribution in [0.5, 0.6) is 5.75 Å². The van der Waals surface area contributed by atoms with Gasteiger partial charge in [-0.2, -0.15) is 0 Å². The van der Waals surface area contributed by atoms with Crippen LogP contribution < -0.4 is 4.74 Å². The number of carbonyl (C=O) groups excluding carboxylic acids is 1. The Morgan fingerprint density at radius 2 is 1.74 bits per heavy atom. The second-order valence-electron chi connectivity index (χ2n) is 4.81. The van der Waals surface area contributed by atoms with E-state index < -0.39 is 5.60 Å². The SMILES string of the molecule is O=C1c2ccccc2OC[C@@]1(O)Cc1ccccc1. The van der Waals surface area contributed by atoms with Gasteiger partial charge in [0, 0.05) is 6.42 Å². The van der Waals surface area contributed by atoms with Crippen LogP contribution in [0.2, 0.25) is 0 Å². The van der Waals surface area contributed by atoms with E-state index >= 15 is 0 Å². The molecule has 2 aromatic carbocycles. The molecule has 1 heterocycles. The molecule has 1 aliphatic rings. The number of Topliss-reactive ketones (excluding diaryl/α,β-unsaturated/α-hetero) is 1. The van der Waals surface area contributed by atoms with Gasteiger partial charge < -0.3 is 9.84 Å². The van der Waals surface area contributed by atoms with Crippen molar-refractivity contribution in [3.05, 3.63) is 65.7 Å². The molecule has 0 amide bonds. The van der Waals surface area contributed by atoms with E-state index in [1.54, 1.807) is 18.2 Å². The van der Waals surface area contributed by atoms with E-state index in [9.17, 15) is 9.90 Å². The third kappa shape index (κ3) is 2.13. The second-order valence-corrected chi connectivity index (χ2v) is 4.81. The third-order valence-electron chi connectivity index (χ3n) is 3.36. The first-order chi connectivity index (χ1) is 9.19. The zero-order valence-electron chi connectivity index (χ0n) is 10.4. The molecular weight excluding hydrogens is 240 g/mol. The highest BCUT2D eigenvalue weighted by Gasteiger charge is 2.42. The number of carbonyl (C=O) groups is 1. The molecule has 3 rings (SSSR count). The van der Waals surface area contributed by atoms with Crippen LogP contribution in [0.4, 0.5) is 0 Å². The predicted octanol–water partition coefficient (Wildman–Crippen LogP) is 2.24. The van der Waals surface area contributed by atoms with E-state index in [-0.39, 0.29) is 18.8 Å². The average molecular weight is 254 g/mol. The van der Waals surface area contributed by atoms with Gasteiger partial charge in [0.25, 0.3) is 0 Å². The molecule has 0 saturated carbocycles. The lowest BCUT2D eigenvalue weighted by Crippen LogP contribution is -2.49. The quantitative estimate of drug-likeness (QED) is 0.894. The van der Waals surface area contributed by atoms with E-state index in [2.05, 4.69) is 0 Å². The molecule has 1 atom stereocenters. The van der Waals surface area contributed by atoms with Crippen LogP contribution in [0, 0.1) is 0 Å². The molecule has 0 aliphatic carbocycles. The molecule has 0 spiro atoms. The number of aliphatic hydroxyl groups is 1. The zero-order chi connectivity index (χ0) is 13.3. The summed E-state index contributed by atoms with van der Waals surface area (Å²) < 4.78 is 5.51. The number of rotatable bonds is 2. The molecule has 1 aliphatic heterocycles. The van der Waals surface area contributed by atoms with Crippen LogP contribution in [0.1, 0.15) is 15.9 Å². The Labute approximate surface area is 111 Å². The highest BCUT2D eigenvalue weighted by atomic mass is 16.5. The van der Waals surface area contributed by atoms with Gasteiger partial charge in [0.05, 0.1) is 5.56 Å². The monoisotopic (exact) mass is 254 g/mol. The van der Waals surface area contributed by atoms with E-state index in [1.165, 1.54) is 0 Å². The standard InChI is InChI=1S/C16H14O3/c17-15-13-8-4-5-9-14(13)19-11-16(15,18)10-12-6-2-1-3-7-12/h1-9,18H,10-11H2/t16-/m0/s1. The van der Waals surface area contributed by atoms with Crippen LogP contribution >= 0.6 is 0 Å². The number of para-hydroxylation sites is 1. The third-order valence-corrected chi connectivity index (χ3v) is 3.36. The summed E-state index contributed by atoms with van der Waals surface area (Å²) in [5.41, 5.74) is -0.107. The number of ether oxygens (including phenoxy) is 1. The molecule has 0 radical (unpaired) electrons. The molecule has 2 aromatic rings. The predicted molar refractivity (Wildman–Crippen MR) is 71.4 cm³/mol. The largest absolute Gasteiger partial charge is 0.489 e. The van der Waals surface area contributed by atoms with Gasteiger partial charge in [0.2, 0.25) is 5.78 Å². The van der Waals surface area contributed by atoms with Gasteiger partial charge in [-0.25, -0.2) is 0 Å². The van der Waals surface area contributed by atoms with Gasteiger partial charge >= 0.3 is 0 Å². The fourth-order valence-electron chi connectivity index (χ4n) is 2.36. The van der Waals surface area contributed by atoms with Crippen LogP contribution in [-0.2, 0) is 6.42 Å². The van der Waals surface area contributed by atoms with Gasteiger partial charge in [-0.1, -0.05) is 42.5 Å². The number of hydrogen-bond acceptors (Lipinski definition) is 3. The minimum atomic E-state index is -1.48. The fourth-order valence-corrected chi connectivity index (χ4v) is 2.36. The minimum absolute atomic E-state index is 0.00224. The Bertz CT molecular complexity index is 606. The summed E-state index contributed by atoms with van der Waals surface area (Å²) in [6.45, 7) is -0.00224. The first kappa shape index (κ1) is 11.9. The lowest BCUT2D eigenvalue weighted by atomic mass is 9.85. The first-order valence-electron chi connectivity index (χ1n) is 6.22. The van der Waals surface area contributed by atoms with Gasteiger partial charge in [-0.05, 0) is 17.7 Å². The maximum Gasteiger partial charge on any atom is 0.201 e. The van der Waals surface area contributed by atoms with Crippen LogP contribution in [0.3, 0.4) is 0 Å². The molecule has 3 heteroatoms. The summed E-state index contributed by atoms with van der Waals surface area (Å²) in [6, 6.07) is 16.5. The molecule has 96 valence electrons. The smallest absolute Gasteiger partial charge is 0.201 e. The van der Waals surface area contributed by atoms with Gasteiger partial charge in [0.15, 0.2) is 5.60 Å². The Hall–Kier alpha value is -2.13.